The van der Waals surface area contributed by atoms with Gasteiger partial charge in [-0.25, -0.2) is 9.37 Å². The number of halogens is 1. The van der Waals surface area contributed by atoms with Crippen LogP contribution < -0.4 is 5.32 Å². The van der Waals surface area contributed by atoms with Crippen LogP contribution in [0.2, 0.25) is 0 Å². The molecule has 0 aliphatic carbocycles. The van der Waals surface area contributed by atoms with Crippen LogP contribution in [-0.2, 0) is 0 Å². The molecule has 0 aliphatic heterocycles. The number of phenolic OH excluding ortho intramolecular Hbond substituents is 1. The molecule has 0 bridgehead atoms. The van der Waals surface area contributed by atoms with Crippen LogP contribution in [0, 0.1) is 5.82 Å². The van der Waals surface area contributed by atoms with Crippen molar-refractivity contribution in [2.75, 3.05) is 5.32 Å². The molecule has 0 radical (unpaired) electrons. The van der Waals surface area contributed by atoms with Gasteiger partial charge in [-0.3, -0.25) is 10.1 Å². The lowest BCUT2D eigenvalue weighted by atomic mass is 10.2. The van der Waals surface area contributed by atoms with Gasteiger partial charge < -0.3 is 10.1 Å². The number of aromatic nitrogens is 2. The van der Waals surface area contributed by atoms with E-state index >= 15 is 0 Å². The third-order valence-electron chi connectivity index (χ3n) is 1.93. The van der Waals surface area contributed by atoms with Crippen LogP contribution in [0.25, 0.3) is 0 Å². The molecule has 0 saturated carbocycles. The van der Waals surface area contributed by atoms with Crippen molar-refractivity contribution in [1.29, 1.82) is 0 Å². The number of phenols is 1. The first-order chi connectivity index (χ1) is 7.66. The van der Waals surface area contributed by atoms with Gasteiger partial charge in [-0.15, -0.1) is 0 Å². The van der Waals surface area contributed by atoms with E-state index in [1.54, 1.807) is 0 Å². The van der Waals surface area contributed by atoms with Crippen LogP contribution in [0.4, 0.5) is 10.3 Å². The summed E-state index contributed by atoms with van der Waals surface area (Å²) in [5.74, 6) is -1.28. The molecule has 0 atom stereocenters. The van der Waals surface area contributed by atoms with E-state index in [4.69, 9.17) is 0 Å². The van der Waals surface area contributed by atoms with Gasteiger partial charge in [0, 0.05) is 12.4 Å². The number of imidazole rings is 1. The number of carbonyl (C=O) groups excluding carboxylic acids is 1. The molecule has 82 valence electrons. The van der Waals surface area contributed by atoms with E-state index in [-0.39, 0.29) is 17.3 Å². The fraction of sp³-hybridized carbons (Fsp3) is 0. The van der Waals surface area contributed by atoms with Gasteiger partial charge in [0.05, 0.1) is 5.56 Å². The minimum absolute atomic E-state index is 0.142. The Labute approximate surface area is 90.0 Å². The van der Waals surface area contributed by atoms with Crippen molar-refractivity contribution in [3.8, 4) is 5.75 Å². The van der Waals surface area contributed by atoms with Gasteiger partial charge in [0.25, 0.3) is 5.91 Å². The summed E-state index contributed by atoms with van der Waals surface area (Å²) in [5, 5.41) is 11.7. The second kappa shape index (κ2) is 4.01. The van der Waals surface area contributed by atoms with Crippen LogP contribution in [0.5, 0.6) is 5.75 Å². The predicted molar refractivity (Wildman–Crippen MR) is 54.6 cm³/mol. The standard InChI is InChI=1S/C10H8FN3O2/c11-6-1-2-8(15)7(5-6)9(16)14-10-12-3-4-13-10/h1-5,15H,(H2,12,13,14,16). The molecular formula is C10H8FN3O2. The number of benzene rings is 1. The zero-order valence-electron chi connectivity index (χ0n) is 8.07. The fourth-order valence-electron chi connectivity index (χ4n) is 1.20. The number of hydrogen-bond acceptors (Lipinski definition) is 3. The Hall–Kier alpha value is -2.37. The van der Waals surface area contributed by atoms with Gasteiger partial charge >= 0.3 is 0 Å². The van der Waals surface area contributed by atoms with Gasteiger partial charge in [0.1, 0.15) is 11.6 Å². The molecular weight excluding hydrogens is 213 g/mol. The lowest BCUT2D eigenvalue weighted by Gasteiger charge is -2.04. The Balaban J connectivity index is 2.24. The topological polar surface area (TPSA) is 78.0 Å². The molecule has 0 spiro atoms. The summed E-state index contributed by atoms with van der Waals surface area (Å²) in [7, 11) is 0. The lowest BCUT2D eigenvalue weighted by Crippen LogP contribution is -2.13. The zero-order valence-corrected chi connectivity index (χ0v) is 8.07. The average molecular weight is 221 g/mol. The first kappa shape index (κ1) is 10.2. The zero-order chi connectivity index (χ0) is 11.5. The van der Waals surface area contributed by atoms with Crippen LogP contribution >= 0.6 is 0 Å². The number of nitrogens with zero attached hydrogens (tertiary/aromatic N) is 1. The summed E-state index contributed by atoms with van der Waals surface area (Å²) in [6.07, 6.45) is 2.99. The van der Waals surface area contributed by atoms with Crippen LogP contribution in [0.3, 0.4) is 0 Å². The van der Waals surface area contributed by atoms with E-state index in [0.717, 1.165) is 18.2 Å². The minimum Gasteiger partial charge on any atom is -0.507 e. The number of amides is 1. The molecule has 0 aliphatic rings. The number of hydrogen-bond donors (Lipinski definition) is 3. The summed E-state index contributed by atoms with van der Waals surface area (Å²) in [4.78, 5) is 18.0. The fourth-order valence-corrected chi connectivity index (χ4v) is 1.20. The molecule has 3 N–H and O–H groups in total. The van der Waals surface area contributed by atoms with Crippen molar-refractivity contribution in [3.05, 3.63) is 42.0 Å². The van der Waals surface area contributed by atoms with Gasteiger partial charge in [0.15, 0.2) is 0 Å². The number of nitrogens with one attached hydrogen (secondary N) is 2. The van der Waals surface area contributed by atoms with E-state index in [1.807, 2.05) is 0 Å². The van der Waals surface area contributed by atoms with E-state index < -0.39 is 11.7 Å². The molecule has 1 heterocycles. The van der Waals surface area contributed by atoms with Crippen molar-refractivity contribution in [1.82, 2.24) is 9.97 Å². The molecule has 1 aromatic heterocycles. The van der Waals surface area contributed by atoms with Crippen LogP contribution in [0.1, 0.15) is 10.4 Å². The maximum atomic E-state index is 12.9. The molecule has 2 aromatic rings. The second-order valence-electron chi connectivity index (χ2n) is 3.05. The SMILES string of the molecule is O=C(Nc1ncc[nH]1)c1cc(F)ccc1O. The van der Waals surface area contributed by atoms with Crippen molar-refractivity contribution in [2.24, 2.45) is 0 Å². The molecule has 2 rings (SSSR count). The van der Waals surface area contributed by atoms with Crippen molar-refractivity contribution in [3.63, 3.8) is 0 Å². The monoisotopic (exact) mass is 221 g/mol. The maximum Gasteiger partial charge on any atom is 0.261 e. The number of rotatable bonds is 2. The summed E-state index contributed by atoms with van der Waals surface area (Å²) < 4.78 is 12.9. The Morgan fingerprint density at radius 3 is 3.00 bits per heavy atom. The van der Waals surface area contributed by atoms with E-state index in [2.05, 4.69) is 15.3 Å². The Morgan fingerprint density at radius 2 is 2.31 bits per heavy atom. The Kier molecular flexibility index (Phi) is 2.55. The highest BCUT2D eigenvalue weighted by atomic mass is 19.1. The molecule has 0 unspecified atom stereocenters. The summed E-state index contributed by atoms with van der Waals surface area (Å²) >= 11 is 0. The van der Waals surface area contributed by atoms with Crippen molar-refractivity contribution in [2.45, 2.75) is 0 Å². The molecule has 0 fully saturated rings. The maximum absolute atomic E-state index is 12.9. The first-order valence-corrected chi connectivity index (χ1v) is 4.46. The number of anilines is 1. The molecule has 6 heteroatoms. The van der Waals surface area contributed by atoms with E-state index in [1.165, 1.54) is 12.4 Å². The highest BCUT2D eigenvalue weighted by Crippen LogP contribution is 2.18. The van der Waals surface area contributed by atoms with Crippen LogP contribution in [0.15, 0.2) is 30.6 Å². The summed E-state index contributed by atoms with van der Waals surface area (Å²) in [5.41, 5.74) is -0.142. The quantitative estimate of drug-likeness (QED) is 0.719. The van der Waals surface area contributed by atoms with Gasteiger partial charge in [-0.1, -0.05) is 0 Å². The first-order valence-electron chi connectivity index (χ1n) is 4.46. The second-order valence-corrected chi connectivity index (χ2v) is 3.05. The number of aromatic amines is 1. The van der Waals surface area contributed by atoms with Gasteiger partial charge in [-0.05, 0) is 18.2 Å². The van der Waals surface area contributed by atoms with E-state index in [0.29, 0.717) is 0 Å². The largest absolute Gasteiger partial charge is 0.507 e. The van der Waals surface area contributed by atoms with Crippen molar-refractivity contribution >= 4 is 11.9 Å². The Bertz CT molecular complexity index is 511. The molecule has 5 nitrogen and oxygen atoms in total. The van der Waals surface area contributed by atoms with Crippen LogP contribution in [-0.4, -0.2) is 21.0 Å². The average Bonchev–Trinajstić information content (AvgIpc) is 2.74. The highest BCUT2D eigenvalue weighted by molar-refractivity contribution is 6.05. The minimum atomic E-state index is -0.632. The van der Waals surface area contributed by atoms with Gasteiger partial charge in [0.2, 0.25) is 5.95 Å². The summed E-state index contributed by atoms with van der Waals surface area (Å²) in [6.45, 7) is 0. The number of H-pyrrole nitrogens is 1. The smallest absolute Gasteiger partial charge is 0.261 e. The molecule has 1 amide bonds. The van der Waals surface area contributed by atoms with Crippen molar-refractivity contribution < 1.29 is 14.3 Å². The molecule has 1 aromatic carbocycles. The third-order valence-corrected chi connectivity index (χ3v) is 1.93. The highest BCUT2D eigenvalue weighted by Gasteiger charge is 2.12. The molecule has 16 heavy (non-hydrogen) atoms. The number of aromatic hydroxyl groups is 1. The third kappa shape index (κ3) is 2.00. The number of carbonyl (C=O) groups is 1. The normalized spacial score (nSPS) is 10.1. The Morgan fingerprint density at radius 1 is 1.50 bits per heavy atom. The lowest BCUT2D eigenvalue weighted by molar-refractivity contribution is 0.102. The predicted octanol–water partition coefficient (Wildman–Crippen LogP) is 1.51. The van der Waals surface area contributed by atoms with Gasteiger partial charge in [-0.2, -0.15) is 0 Å². The summed E-state index contributed by atoms with van der Waals surface area (Å²) in [6, 6.07) is 3.14. The molecule has 0 saturated heterocycles. The van der Waals surface area contributed by atoms with E-state index in [9.17, 15) is 14.3 Å².